The third-order valence-electron chi connectivity index (χ3n) is 2.86. The smallest absolute Gasteiger partial charge is 0.283 e. The van der Waals surface area contributed by atoms with Crippen LogP contribution in [0.15, 0.2) is 46.9 Å². The molecule has 0 amide bonds. The quantitative estimate of drug-likeness (QED) is 0.462. The maximum absolute atomic E-state index is 11.3. The first-order valence-corrected chi connectivity index (χ1v) is 6.93. The molecule has 2 rings (SSSR count). The molecule has 2 aromatic carbocycles. The average molecular weight is 350 g/mol. The molecule has 0 aromatic heterocycles. The first kappa shape index (κ1) is 15.2. The number of nitrogens with zero attached hydrogens (tertiary/aromatic N) is 1. The maximum Gasteiger partial charge on any atom is 0.283 e. The van der Waals surface area contributed by atoms with Gasteiger partial charge in [-0.3, -0.25) is 14.9 Å². The van der Waals surface area contributed by atoms with Crippen molar-refractivity contribution in [3.8, 4) is 5.75 Å². The Morgan fingerprint density at radius 2 is 1.90 bits per heavy atom. The topological polar surface area (TPSA) is 69.4 Å². The van der Waals surface area contributed by atoms with Gasteiger partial charge in [-0.05, 0) is 36.8 Å². The van der Waals surface area contributed by atoms with Crippen LogP contribution >= 0.6 is 15.9 Å². The summed E-state index contributed by atoms with van der Waals surface area (Å²) in [5, 5.41) is 11.0. The van der Waals surface area contributed by atoms with Gasteiger partial charge in [0.15, 0.2) is 5.78 Å². The van der Waals surface area contributed by atoms with Gasteiger partial charge in [0, 0.05) is 4.47 Å². The van der Waals surface area contributed by atoms with E-state index in [2.05, 4.69) is 15.9 Å². The number of halogens is 1. The van der Waals surface area contributed by atoms with E-state index in [0.29, 0.717) is 12.4 Å². The summed E-state index contributed by atoms with van der Waals surface area (Å²) in [4.78, 5) is 21.7. The predicted octanol–water partition coefficient (Wildman–Crippen LogP) is 4.14. The van der Waals surface area contributed by atoms with Crippen molar-refractivity contribution < 1.29 is 14.5 Å². The Kier molecular flexibility index (Phi) is 4.70. The van der Waals surface area contributed by atoms with Crippen molar-refractivity contribution >= 4 is 27.4 Å². The molecule has 0 atom stereocenters. The second-order valence-corrected chi connectivity index (χ2v) is 5.32. The average Bonchev–Trinajstić information content (AvgIpc) is 2.46. The number of rotatable bonds is 5. The molecule has 6 heteroatoms. The molecule has 108 valence electrons. The highest BCUT2D eigenvalue weighted by molar-refractivity contribution is 9.10. The summed E-state index contributed by atoms with van der Waals surface area (Å²) in [6.07, 6.45) is 0. The number of benzene rings is 2. The van der Waals surface area contributed by atoms with Crippen molar-refractivity contribution in [1.82, 2.24) is 0 Å². The molecule has 0 aliphatic heterocycles. The van der Waals surface area contributed by atoms with Crippen LogP contribution in [0.4, 0.5) is 5.69 Å². The van der Waals surface area contributed by atoms with Crippen LogP contribution in [0.25, 0.3) is 0 Å². The summed E-state index contributed by atoms with van der Waals surface area (Å²) in [5.74, 6) is 0.00998. The molecule has 0 heterocycles. The van der Waals surface area contributed by atoms with Gasteiger partial charge in [0.2, 0.25) is 0 Å². The molecule has 0 aliphatic carbocycles. The lowest BCUT2D eigenvalue weighted by Crippen LogP contribution is -2.02. The lowest BCUT2D eigenvalue weighted by atomic mass is 10.1. The highest BCUT2D eigenvalue weighted by Gasteiger charge is 2.18. The second kappa shape index (κ2) is 6.49. The van der Waals surface area contributed by atoms with E-state index >= 15 is 0 Å². The van der Waals surface area contributed by atoms with Gasteiger partial charge in [0.05, 0.1) is 16.6 Å². The monoisotopic (exact) mass is 349 g/mol. The second-order valence-electron chi connectivity index (χ2n) is 4.41. The minimum atomic E-state index is -0.580. The van der Waals surface area contributed by atoms with Crippen LogP contribution in [-0.4, -0.2) is 10.7 Å². The third-order valence-corrected chi connectivity index (χ3v) is 3.39. The van der Waals surface area contributed by atoms with Crippen molar-refractivity contribution in [2.24, 2.45) is 0 Å². The molecule has 2 aromatic rings. The molecule has 0 bridgehead atoms. The summed E-state index contributed by atoms with van der Waals surface area (Å²) in [6.45, 7) is 1.59. The fourth-order valence-electron chi connectivity index (χ4n) is 1.80. The van der Waals surface area contributed by atoms with E-state index in [9.17, 15) is 14.9 Å². The summed E-state index contributed by atoms with van der Waals surface area (Å²) in [7, 11) is 0. The number of ketones is 1. The van der Waals surface area contributed by atoms with Gasteiger partial charge < -0.3 is 4.74 Å². The van der Waals surface area contributed by atoms with Crippen LogP contribution in [0, 0.1) is 10.1 Å². The minimum absolute atomic E-state index is 0.0796. The van der Waals surface area contributed by atoms with Gasteiger partial charge in [-0.25, -0.2) is 0 Å². The standard InChI is InChI=1S/C15H12BrNO4/c1-10(18)14-7-6-13(8-15(14)17(19)20)21-9-11-2-4-12(16)5-3-11/h2-8H,9H2,1H3. The molecule has 21 heavy (non-hydrogen) atoms. The van der Waals surface area contributed by atoms with Gasteiger partial charge in [0.25, 0.3) is 5.69 Å². The highest BCUT2D eigenvalue weighted by atomic mass is 79.9. The van der Waals surface area contributed by atoms with E-state index in [1.807, 2.05) is 24.3 Å². The fourth-order valence-corrected chi connectivity index (χ4v) is 2.06. The zero-order valence-corrected chi connectivity index (χ0v) is 12.8. The van der Waals surface area contributed by atoms with Gasteiger partial charge >= 0.3 is 0 Å². The largest absolute Gasteiger partial charge is 0.489 e. The molecule has 0 saturated heterocycles. The summed E-state index contributed by atoms with van der Waals surface area (Å²) in [6, 6.07) is 11.8. The van der Waals surface area contributed by atoms with E-state index in [1.54, 1.807) is 6.07 Å². The van der Waals surface area contributed by atoms with Crippen molar-refractivity contribution in [3.63, 3.8) is 0 Å². The molecule has 0 N–H and O–H groups in total. The highest BCUT2D eigenvalue weighted by Crippen LogP contribution is 2.25. The fraction of sp³-hybridized carbons (Fsp3) is 0.133. The molecule has 0 unspecified atom stereocenters. The molecular weight excluding hydrogens is 338 g/mol. The van der Waals surface area contributed by atoms with Gasteiger partial charge in [-0.1, -0.05) is 28.1 Å². The summed E-state index contributed by atoms with van der Waals surface area (Å²) >= 11 is 3.34. The predicted molar refractivity (Wildman–Crippen MR) is 81.6 cm³/mol. The van der Waals surface area contributed by atoms with Crippen molar-refractivity contribution in [1.29, 1.82) is 0 Å². The number of hydrogen-bond acceptors (Lipinski definition) is 4. The zero-order chi connectivity index (χ0) is 15.4. The normalized spacial score (nSPS) is 10.2. The van der Waals surface area contributed by atoms with Crippen LogP contribution in [-0.2, 0) is 6.61 Å². The van der Waals surface area contributed by atoms with Crippen LogP contribution < -0.4 is 4.74 Å². The Hall–Kier alpha value is -2.21. The Morgan fingerprint density at radius 3 is 2.48 bits per heavy atom. The Bertz CT molecular complexity index is 683. The van der Waals surface area contributed by atoms with Crippen LogP contribution in [0.2, 0.25) is 0 Å². The van der Waals surface area contributed by atoms with Gasteiger partial charge in [-0.2, -0.15) is 0 Å². The Morgan fingerprint density at radius 1 is 1.24 bits per heavy atom. The van der Waals surface area contributed by atoms with E-state index < -0.39 is 4.92 Å². The molecule has 0 fully saturated rings. The summed E-state index contributed by atoms with van der Waals surface area (Å²) in [5.41, 5.74) is 0.781. The Balaban J connectivity index is 2.17. The van der Waals surface area contributed by atoms with Crippen molar-refractivity contribution in [2.45, 2.75) is 13.5 Å². The van der Waals surface area contributed by atoms with Crippen LogP contribution in [0.3, 0.4) is 0 Å². The zero-order valence-electron chi connectivity index (χ0n) is 11.2. The number of carbonyl (C=O) groups is 1. The van der Waals surface area contributed by atoms with Crippen molar-refractivity contribution in [2.75, 3.05) is 0 Å². The summed E-state index contributed by atoms with van der Waals surface area (Å²) < 4.78 is 6.49. The minimum Gasteiger partial charge on any atom is -0.489 e. The molecule has 5 nitrogen and oxygen atoms in total. The van der Waals surface area contributed by atoms with E-state index in [4.69, 9.17) is 4.74 Å². The number of hydrogen-bond donors (Lipinski definition) is 0. The first-order valence-electron chi connectivity index (χ1n) is 6.14. The van der Waals surface area contributed by atoms with Gasteiger partial charge in [-0.15, -0.1) is 0 Å². The Labute approximate surface area is 129 Å². The number of ether oxygens (including phenoxy) is 1. The van der Waals surface area contributed by atoms with E-state index in [-0.39, 0.29) is 17.0 Å². The molecule has 0 aliphatic rings. The number of nitro benzene ring substituents is 1. The van der Waals surface area contributed by atoms with Crippen molar-refractivity contribution in [3.05, 3.63) is 68.2 Å². The SMILES string of the molecule is CC(=O)c1ccc(OCc2ccc(Br)cc2)cc1[N+](=O)[O-]. The molecule has 0 saturated carbocycles. The lowest BCUT2D eigenvalue weighted by Gasteiger charge is -2.07. The number of Topliss-reactive ketones (excluding diaryl/α,β-unsaturated/α-hetero) is 1. The molecular formula is C15H12BrNO4. The van der Waals surface area contributed by atoms with Crippen LogP contribution in [0.1, 0.15) is 22.8 Å². The number of carbonyl (C=O) groups excluding carboxylic acids is 1. The molecule has 0 radical (unpaired) electrons. The van der Waals surface area contributed by atoms with E-state index in [1.165, 1.54) is 19.1 Å². The van der Waals surface area contributed by atoms with E-state index in [0.717, 1.165) is 10.0 Å². The number of nitro groups is 1. The van der Waals surface area contributed by atoms with Gasteiger partial charge in [0.1, 0.15) is 12.4 Å². The first-order chi connectivity index (χ1) is 9.97. The lowest BCUT2D eigenvalue weighted by molar-refractivity contribution is -0.385. The van der Waals surface area contributed by atoms with Crippen LogP contribution in [0.5, 0.6) is 5.75 Å². The maximum atomic E-state index is 11.3. The molecule has 0 spiro atoms. The third kappa shape index (κ3) is 3.88.